The van der Waals surface area contributed by atoms with Crippen LogP contribution in [-0.2, 0) is 56.9 Å². The first-order valence-corrected chi connectivity index (χ1v) is 26.6. The second-order valence-corrected chi connectivity index (χ2v) is 25.5. The Morgan fingerprint density at radius 1 is 0.873 bits per heavy atom. The van der Waals surface area contributed by atoms with E-state index < -0.39 is 61.1 Å². The number of ether oxygens (including phenoxy) is 6. The van der Waals surface area contributed by atoms with Crippen LogP contribution in [0.2, 0.25) is 18.1 Å². The minimum Gasteiger partial charge on any atom is -0.453 e. The smallest absolute Gasteiger partial charge is 0.416 e. The van der Waals surface area contributed by atoms with E-state index in [1.54, 1.807) is 21.3 Å². The third kappa shape index (κ3) is 13.4. The number of hydrogen-bond acceptors (Lipinski definition) is 12. The zero-order valence-electron chi connectivity index (χ0n) is 40.9. The van der Waals surface area contributed by atoms with E-state index in [2.05, 4.69) is 33.8 Å². The number of rotatable bonds is 10. The Morgan fingerprint density at radius 3 is 2.17 bits per heavy atom. The number of amides is 1. The largest absolute Gasteiger partial charge is 0.453 e. The lowest BCUT2D eigenvalue weighted by molar-refractivity contribution is -1.04. The maximum atomic E-state index is 15.4. The number of methoxy groups -OCH3 is 3. The summed E-state index contributed by atoms with van der Waals surface area (Å²) in [5.74, 6) is -2.38. The van der Waals surface area contributed by atoms with E-state index in [-0.39, 0.29) is 66.0 Å². The summed E-state index contributed by atoms with van der Waals surface area (Å²) in [5, 5.41) is -0.363. The number of hydroxylamine groups is 3. The van der Waals surface area contributed by atoms with Crippen LogP contribution in [0.5, 0.6) is 0 Å². The standard InChI is InChI=1S/C49H82NO12Si/c1-31-17-20-37(52)21-18-33(3)44(34(4)28-36-19-22-39(59-25-24-51)40(30-36)56-9)61-48(55)38-16-14-15-23-50(38,62-63(12,13)49(6,7)8)47(54)43(53)45-35(5)29-42(58-11)46(60-45)41(57-10)27-32(2)26-31/h17,24,28,32-33,35-36,38-42,44-46H,14-16,18-23,25-27,29-30H2,1-13H3/q+1. The molecular weight excluding hydrogens is 823 g/mol. The highest BCUT2D eigenvalue weighted by Crippen LogP contribution is 2.43. The van der Waals surface area contributed by atoms with Crippen LogP contribution in [0.1, 0.15) is 132 Å². The molecule has 0 aromatic rings. The number of esters is 1. The van der Waals surface area contributed by atoms with E-state index in [9.17, 15) is 9.59 Å². The fraction of sp³-hybridized carbons (Fsp3) is 0.816. The molecule has 13 nitrogen and oxygen atoms in total. The van der Waals surface area contributed by atoms with E-state index in [1.807, 2.05) is 46.9 Å². The Bertz CT molecular complexity index is 1640. The van der Waals surface area contributed by atoms with Crippen molar-refractivity contribution < 1.29 is 61.6 Å². The molecule has 0 spiro atoms. The first-order valence-electron chi connectivity index (χ1n) is 23.6. The van der Waals surface area contributed by atoms with Gasteiger partial charge >= 0.3 is 11.9 Å². The number of ketones is 2. The number of carbonyl (C=O) groups excluding carboxylic acids is 5. The molecule has 1 aliphatic carbocycles. The minimum absolute atomic E-state index is 0.0109. The summed E-state index contributed by atoms with van der Waals surface area (Å²) in [5.41, 5.74) is 1.94. The average molecular weight is 905 g/mol. The number of allylic oxidation sites excluding steroid dienone is 3. The molecule has 0 aromatic carbocycles. The molecule has 0 aromatic heterocycles. The molecule has 13 atom stereocenters. The summed E-state index contributed by atoms with van der Waals surface area (Å²) in [6.45, 7) is 20.5. The molecule has 63 heavy (non-hydrogen) atoms. The minimum atomic E-state index is -2.86. The molecule has 4 aliphatic rings. The van der Waals surface area contributed by atoms with Gasteiger partial charge in [-0.25, -0.2) is 14.1 Å². The van der Waals surface area contributed by atoms with Gasteiger partial charge in [0.1, 0.15) is 43.5 Å². The molecule has 2 bridgehead atoms. The van der Waals surface area contributed by atoms with Crippen LogP contribution >= 0.6 is 0 Å². The van der Waals surface area contributed by atoms with Gasteiger partial charge < -0.3 is 33.2 Å². The Morgan fingerprint density at radius 2 is 1.54 bits per heavy atom. The maximum Gasteiger partial charge on any atom is 0.416 e. The zero-order chi connectivity index (χ0) is 46.9. The number of quaternary nitrogens is 1. The monoisotopic (exact) mass is 905 g/mol. The molecule has 13 unspecified atom stereocenters. The first kappa shape index (κ1) is 53.2. The number of piperidine rings is 1. The van der Waals surface area contributed by atoms with E-state index in [0.29, 0.717) is 64.2 Å². The number of aldehydes is 1. The van der Waals surface area contributed by atoms with Gasteiger partial charge in [-0.3, -0.25) is 9.59 Å². The molecule has 1 saturated carbocycles. The van der Waals surface area contributed by atoms with Crippen LogP contribution in [0, 0.1) is 23.7 Å². The van der Waals surface area contributed by atoms with Gasteiger partial charge in [0.2, 0.25) is 6.04 Å². The van der Waals surface area contributed by atoms with E-state index >= 15 is 14.4 Å². The van der Waals surface area contributed by atoms with Crippen molar-refractivity contribution in [1.29, 1.82) is 0 Å². The predicted molar refractivity (Wildman–Crippen MR) is 243 cm³/mol. The first-order chi connectivity index (χ1) is 29.6. The molecule has 3 fully saturated rings. The van der Waals surface area contributed by atoms with Crippen LogP contribution in [-0.4, -0.2) is 126 Å². The lowest BCUT2D eigenvalue weighted by atomic mass is 9.82. The Labute approximate surface area is 379 Å². The molecule has 0 N–H and O–H groups in total. The van der Waals surface area contributed by atoms with Gasteiger partial charge in [0.25, 0.3) is 14.1 Å². The number of carbonyl (C=O) groups is 5. The third-order valence-electron chi connectivity index (χ3n) is 14.8. The van der Waals surface area contributed by atoms with Gasteiger partial charge in [-0.1, -0.05) is 59.3 Å². The summed E-state index contributed by atoms with van der Waals surface area (Å²) < 4.78 is 43.4. The highest BCUT2D eigenvalue weighted by Gasteiger charge is 2.62. The topological polar surface area (TPSA) is 150 Å². The molecule has 1 amide bonds. The highest BCUT2D eigenvalue weighted by molar-refractivity contribution is 6.74. The van der Waals surface area contributed by atoms with Gasteiger partial charge in [0, 0.05) is 47.0 Å². The van der Waals surface area contributed by atoms with Crippen molar-refractivity contribution >= 4 is 38.0 Å². The van der Waals surface area contributed by atoms with Crippen LogP contribution < -0.4 is 0 Å². The van der Waals surface area contributed by atoms with Crippen molar-refractivity contribution in [3.8, 4) is 0 Å². The van der Waals surface area contributed by atoms with Crippen molar-refractivity contribution in [2.75, 3.05) is 34.5 Å². The summed E-state index contributed by atoms with van der Waals surface area (Å²) in [6.07, 6.45) is 7.82. The second-order valence-electron chi connectivity index (χ2n) is 20.8. The van der Waals surface area contributed by atoms with Crippen molar-refractivity contribution in [1.82, 2.24) is 0 Å². The lowest BCUT2D eigenvalue weighted by Gasteiger charge is -2.48. The summed E-state index contributed by atoms with van der Waals surface area (Å²) in [7, 11) is 2.05. The van der Waals surface area contributed by atoms with Crippen LogP contribution in [0.3, 0.4) is 0 Å². The Hall–Kier alpha value is -2.43. The van der Waals surface area contributed by atoms with Gasteiger partial charge in [0.05, 0.1) is 24.4 Å². The average Bonchev–Trinajstić information content (AvgIpc) is 3.23. The quantitative estimate of drug-likeness (QED) is 0.0519. The fourth-order valence-corrected chi connectivity index (χ4v) is 11.5. The normalized spacial score (nSPS) is 36.7. The van der Waals surface area contributed by atoms with E-state index in [1.165, 1.54) is 0 Å². The maximum absolute atomic E-state index is 15.4. The number of fused-ring (bicyclic) bond motifs is 3. The molecule has 14 heteroatoms. The summed E-state index contributed by atoms with van der Waals surface area (Å²) >= 11 is 0. The van der Waals surface area contributed by atoms with E-state index in [4.69, 9.17) is 32.9 Å². The van der Waals surface area contributed by atoms with Crippen LogP contribution in [0.15, 0.2) is 23.3 Å². The number of cyclic esters (lactones) is 1. The van der Waals surface area contributed by atoms with Gasteiger partial charge in [-0.2, -0.15) is 0 Å². The van der Waals surface area contributed by atoms with Crippen molar-refractivity contribution in [3.05, 3.63) is 23.3 Å². The second kappa shape index (κ2) is 23.3. The molecule has 4 rings (SSSR count). The molecular formula is C49H82NO12Si+. The zero-order valence-corrected chi connectivity index (χ0v) is 41.9. The molecule has 3 aliphatic heterocycles. The summed E-state index contributed by atoms with van der Waals surface area (Å²) in [4.78, 5) is 70.1. The van der Waals surface area contributed by atoms with Crippen molar-refractivity contribution in [2.24, 2.45) is 23.7 Å². The van der Waals surface area contributed by atoms with E-state index in [0.717, 1.165) is 30.3 Å². The number of hydrogen-bond donors (Lipinski definition) is 0. The van der Waals surface area contributed by atoms with Crippen LogP contribution in [0.25, 0.3) is 0 Å². The van der Waals surface area contributed by atoms with Gasteiger partial charge in [0.15, 0.2) is 0 Å². The highest BCUT2D eigenvalue weighted by atomic mass is 28.4. The molecule has 3 heterocycles. The lowest BCUT2D eigenvalue weighted by Crippen LogP contribution is -2.71. The van der Waals surface area contributed by atoms with Crippen LogP contribution in [0.4, 0.5) is 0 Å². The SMILES string of the molecule is COC1CC(C=C(C)C2OC(=O)C3CCCC[N+]3(O[Si](C)(C)C(C)(C)C)C(=O)C(=O)C3OC(C(OC)CC(C)CC(C)=CCC(=O)CCC2C)C(OC)CC3C)CCC1OCC=O. The summed E-state index contributed by atoms with van der Waals surface area (Å²) in [6, 6.07) is -1.10. The number of nitrogens with zero attached hydrogens (tertiary/aromatic N) is 1. The van der Waals surface area contributed by atoms with Crippen molar-refractivity contribution in [2.45, 2.75) is 199 Å². The molecule has 2 saturated heterocycles. The van der Waals surface area contributed by atoms with Crippen molar-refractivity contribution in [3.63, 3.8) is 0 Å². The third-order valence-corrected chi connectivity index (χ3v) is 19.2. The van der Waals surface area contributed by atoms with Gasteiger partial charge in [-0.15, -0.1) is 4.65 Å². The number of Topliss-reactive ketones (excluding diaryl/α,β-unsaturated/α-hetero) is 2. The molecule has 358 valence electrons. The van der Waals surface area contributed by atoms with Gasteiger partial charge in [-0.05, 0) is 113 Å². The molecule has 0 radical (unpaired) electrons. The predicted octanol–water partition coefficient (Wildman–Crippen LogP) is 8.22. The Kier molecular flexibility index (Phi) is 19.7. The fourth-order valence-electron chi connectivity index (χ4n) is 10.1. The Balaban J connectivity index is 1.83.